The number of nitrogens with one attached hydrogen (secondary N) is 1. The van der Waals surface area contributed by atoms with Crippen molar-refractivity contribution in [3.8, 4) is 5.75 Å². The molecule has 0 aliphatic carbocycles. The minimum absolute atomic E-state index is 0.00174. The summed E-state index contributed by atoms with van der Waals surface area (Å²) in [6, 6.07) is 9.14. The van der Waals surface area contributed by atoms with Crippen molar-refractivity contribution >= 4 is 52.2 Å². The molecule has 2 aromatic rings. The molecule has 1 fully saturated rings. The fraction of sp³-hybridized carbons (Fsp3) is 0.150. The highest BCUT2D eigenvalue weighted by molar-refractivity contribution is 8.18. The molecule has 0 bridgehead atoms. The Morgan fingerprint density at radius 2 is 1.87 bits per heavy atom. The number of benzene rings is 2. The van der Waals surface area contributed by atoms with Gasteiger partial charge in [-0.3, -0.25) is 19.3 Å². The number of nitrogens with zero attached hydrogens (tertiary/aromatic N) is 1. The van der Waals surface area contributed by atoms with E-state index in [-0.39, 0.29) is 16.3 Å². The van der Waals surface area contributed by atoms with Crippen LogP contribution in [-0.4, -0.2) is 35.6 Å². The van der Waals surface area contributed by atoms with Gasteiger partial charge in [-0.1, -0.05) is 23.7 Å². The third kappa shape index (κ3) is 5.39. The zero-order valence-corrected chi connectivity index (χ0v) is 17.4. The summed E-state index contributed by atoms with van der Waals surface area (Å²) in [5.41, 5.74) is -0.584. The van der Waals surface area contributed by atoms with Crippen LogP contribution in [0.1, 0.15) is 11.1 Å². The molecule has 0 saturated carbocycles. The maximum absolute atomic E-state index is 12.9. The number of thioether (sulfide) groups is 1. The lowest BCUT2D eigenvalue weighted by atomic mass is 10.1. The number of ether oxygens (including phenoxy) is 1. The van der Waals surface area contributed by atoms with Crippen LogP contribution in [0.2, 0.25) is 5.02 Å². The molecule has 1 heterocycles. The van der Waals surface area contributed by atoms with Gasteiger partial charge in [-0.05, 0) is 53.7 Å². The predicted molar refractivity (Wildman–Crippen MR) is 111 cm³/mol. The normalized spacial score (nSPS) is 15.5. The smallest absolute Gasteiger partial charge is 0.416 e. The summed E-state index contributed by atoms with van der Waals surface area (Å²) in [6.07, 6.45) is -3.14. The van der Waals surface area contributed by atoms with E-state index in [0.717, 1.165) is 12.1 Å². The van der Waals surface area contributed by atoms with Crippen LogP contribution in [0.5, 0.6) is 5.75 Å². The highest BCUT2D eigenvalue weighted by Crippen LogP contribution is 2.35. The van der Waals surface area contributed by atoms with Crippen LogP contribution in [-0.2, 0) is 15.8 Å². The van der Waals surface area contributed by atoms with Crippen molar-refractivity contribution in [3.63, 3.8) is 0 Å². The third-order valence-electron chi connectivity index (χ3n) is 4.14. The Bertz CT molecular complexity index is 1070. The average Bonchev–Trinajstić information content (AvgIpc) is 2.96. The van der Waals surface area contributed by atoms with E-state index in [1.54, 1.807) is 24.3 Å². The molecule has 1 saturated heterocycles. The first-order valence-corrected chi connectivity index (χ1v) is 9.84. The Kier molecular flexibility index (Phi) is 6.61. The molecule has 2 aromatic carbocycles. The summed E-state index contributed by atoms with van der Waals surface area (Å²) in [4.78, 5) is 37.9. The molecular weight excluding hydrogens is 457 g/mol. The van der Waals surface area contributed by atoms with Gasteiger partial charge >= 0.3 is 6.18 Å². The number of alkyl halides is 3. The van der Waals surface area contributed by atoms with Crippen LogP contribution < -0.4 is 10.1 Å². The summed E-state index contributed by atoms with van der Waals surface area (Å²) in [5, 5.41) is 2.10. The average molecular weight is 471 g/mol. The standard InChI is InChI=1S/C20H14ClF3N2O4S/c1-30-15-7-4-12(20(22,23)24)9-14(15)25-17(27)10-26-18(28)16(31-19(26)29)8-11-2-5-13(21)6-3-11/h2-9H,10H2,1H3,(H,25,27)/b16-8-. The highest BCUT2D eigenvalue weighted by Gasteiger charge is 2.36. The molecule has 0 spiro atoms. The topological polar surface area (TPSA) is 75.7 Å². The molecule has 3 rings (SSSR count). The number of halogens is 4. The number of imide groups is 1. The van der Waals surface area contributed by atoms with E-state index in [0.29, 0.717) is 33.3 Å². The minimum Gasteiger partial charge on any atom is -0.495 e. The molecular formula is C20H14ClF3N2O4S. The molecule has 6 nitrogen and oxygen atoms in total. The van der Waals surface area contributed by atoms with Gasteiger partial charge < -0.3 is 10.1 Å². The van der Waals surface area contributed by atoms with Gasteiger partial charge in [0.1, 0.15) is 12.3 Å². The number of rotatable bonds is 5. The molecule has 162 valence electrons. The van der Waals surface area contributed by atoms with Crippen molar-refractivity contribution in [2.45, 2.75) is 6.18 Å². The van der Waals surface area contributed by atoms with Gasteiger partial charge in [0.05, 0.1) is 23.3 Å². The second-order valence-electron chi connectivity index (χ2n) is 6.28. The van der Waals surface area contributed by atoms with E-state index in [1.165, 1.54) is 13.2 Å². The molecule has 1 aliphatic rings. The lowest BCUT2D eigenvalue weighted by Crippen LogP contribution is -2.36. The Hall–Kier alpha value is -2.98. The van der Waals surface area contributed by atoms with Gasteiger partial charge in [-0.15, -0.1) is 0 Å². The third-order valence-corrected chi connectivity index (χ3v) is 5.30. The van der Waals surface area contributed by atoms with Crippen molar-refractivity contribution < 1.29 is 32.3 Å². The van der Waals surface area contributed by atoms with Crippen molar-refractivity contribution in [2.75, 3.05) is 19.0 Å². The van der Waals surface area contributed by atoms with Crippen LogP contribution in [0.3, 0.4) is 0 Å². The summed E-state index contributed by atoms with van der Waals surface area (Å²) >= 11 is 6.47. The summed E-state index contributed by atoms with van der Waals surface area (Å²) in [7, 11) is 1.23. The maximum Gasteiger partial charge on any atom is 0.416 e. The molecule has 0 radical (unpaired) electrons. The Morgan fingerprint density at radius 3 is 2.48 bits per heavy atom. The van der Waals surface area contributed by atoms with Gasteiger partial charge in [-0.2, -0.15) is 13.2 Å². The second kappa shape index (κ2) is 9.03. The second-order valence-corrected chi connectivity index (χ2v) is 7.71. The lowest BCUT2D eigenvalue weighted by Gasteiger charge is -2.16. The van der Waals surface area contributed by atoms with E-state index in [9.17, 15) is 27.6 Å². The van der Waals surface area contributed by atoms with Gasteiger partial charge in [-0.25, -0.2) is 0 Å². The number of anilines is 1. The zero-order valence-electron chi connectivity index (χ0n) is 15.8. The Labute approximate surface area is 184 Å². The maximum atomic E-state index is 12.9. The number of hydrogen-bond donors (Lipinski definition) is 1. The lowest BCUT2D eigenvalue weighted by molar-refractivity contribution is -0.137. The Balaban J connectivity index is 1.74. The molecule has 0 aromatic heterocycles. The van der Waals surface area contributed by atoms with Crippen LogP contribution in [0, 0.1) is 0 Å². The molecule has 31 heavy (non-hydrogen) atoms. The van der Waals surface area contributed by atoms with Crippen LogP contribution in [0.4, 0.5) is 23.7 Å². The molecule has 0 unspecified atom stereocenters. The zero-order chi connectivity index (χ0) is 22.8. The quantitative estimate of drug-likeness (QED) is 0.619. The number of carbonyl (C=O) groups excluding carboxylic acids is 3. The molecule has 0 atom stereocenters. The predicted octanol–water partition coefficient (Wildman–Crippen LogP) is 5.04. The fourth-order valence-electron chi connectivity index (χ4n) is 2.66. The first kappa shape index (κ1) is 22.7. The fourth-order valence-corrected chi connectivity index (χ4v) is 3.63. The molecule has 1 aliphatic heterocycles. The molecule has 11 heteroatoms. The molecule has 1 N–H and O–H groups in total. The number of amides is 3. The summed E-state index contributed by atoms with van der Waals surface area (Å²) in [5.74, 6) is -1.54. The number of methoxy groups -OCH3 is 1. The van der Waals surface area contributed by atoms with Gasteiger partial charge in [0.25, 0.3) is 11.1 Å². The number of hydrogen-bond acceptors (Lipinski definition) is 5. The van der Waals surface area contributed by atoms with Crippen molar-refractivity contribution in [1.29, 1.82) is 0 Å². The van der Waals surface area contributed by atoms with Crippen molar-refractivity contribution in [3.05, 3.63) is 63.5 Å². The summed E-state index contributed by atoms with van der Waals surface area (Å²) < 4.78 is 43.8. The SMILES string of the molecule is COc1ccc(C(F)(F)F)cc1NC(=O)CN1C(=O)S/C(=C\c2ccc(Cl)cc2)C1=O. The first-order valence-electron chi connectivity index (χ1n) is 8.64. The van der Waals surface area contributed by atoms with E-state index >= 15 is 0 Å². The first-order chi connectivity index (χ1) is 14.6. The van der Waals surface area contributed by atoms with E-state index in [2.05, 4.69) is 5.32 Å². The van der Waals surface area contributed by atoms with E-state index in [4.69, 9.17) is 16.3 Å². The number of carbonyl (C=O) groups is 3. The summed E-state index contributed by atoms with van der Waals surface area (Å²) in [6.45, 7) is -0.665. The van der Waals surface area contributed by atoms with Crippen LogP contribution >= 0.6 is 23.4 Å². The van der Waals surface area contributed by atoms with Gasteiger partial charge in [0, 0.05) is 5.02 Å². The van der Waals surface area contributed by atoms with Crippen LogP contribution in [0.25, 0.3) is 6.08 Å². The highest BCUT2D eigenvalue weighted by atomic mass is 35.5. The largest absolute Gasteiger partial charge is 0.495 e. The van der Waals surface area contributed by atoms with E-state index < -0.39 is 35.3 Å². The monoisotopic (exact) mass is 470 g/mol. The molecule has 3 amide bonds. The van der Waals surface area contributed by atoms with Crippen molar-refractivity contribution in [1.82, 2.24) is 4.90 Å². The van der Waals surface area contributed by atoms with Gasteiger partial charge in [0.15, 0.2) is 0 Å². The van der Waals surface area contributed by atoms with Gasteiger partial charge in [0.2, 0.25) is 5.91 Å². The van der Waals surface area contributed by atoms with Crippen LogP contribution in [0.15, 0.2) is 47.4 Å². The van der Waals surface area contributed by atoms with Crippen molar-refractivity contribution in [2.24, 2.45) is 0 Å². The Morgan fingerprint density at radius 1 is 1.19 bits per heavy atom. The van der Waals surface area contributed by atoms with E-state index in [1.807, 2.05) is 0 Å². The minimum atomic E-state index is -4.62.